The fourth-order valence-electron chi connectivity index (χ4n) is 0.920. The van der Waals surface area contributed by atoms with Crippen LogP contribution in [0.5, 0.6) is 0 Å². The minimum Gasteiger partial charge on any atom is -0.394 e. The number of aliphatic hydroxyl groups is 3. The Morgan fingerprint density at radius 1 is 1.50 bits per heavy atom. The van der Waals surface area contributed by atoms with Gasteiger partial charge in [0.05, 0.1) is 6.61 Å². The average molecular weight is 222 g/mol. The van der Waals surface area contributed by atoms with E-state index in [1.54, 1.807) is 0 Å². The van der Waals surface area contributed by atoms with Gasteiger partial charge in [-0.2, -0.15) is 0 Å². The van der Waals surface area contributed by atoms with Crippen molar-refractivity contribution in [3.05, 3.63) is 28.8 Å². The van der Waals surface area contributed by atoms with Crippen LogP contribution in [-0.2, 0) is 0 Å². The third kappa shape index (κ3) is 2.39. The Morgan fingerprint density at radius 2 is 2.14 bits per heavy atom. The van der Waals surface area contributed by atoms with Crippen molar-refractivity contribution in [2.45, 2.75) is 12.2 Å². The fourth-order valence-corrected chi connectivity index (χ4v) is 1.02. The molecule has 0 bridgehead atoms. The Hall–Kier alpha value is -0.750. The minimum atomic E-state index is -1.38. The molecule has 4 nitrogen and oxygen atoms in total. The lowest BCUT2D eigenvalue weighted by Gasteiger charge is -2.15. The van der Waals surface area contributed by atoms with Crippen molar-refractivity contribution < 1.29 is 19.7 Å². The van der Waals surface area contributed by atoms with Gasteiger partial charge in [0.1, 0.15) is 12.2 Å². The lowest BCUT2D eigenvalue weighted by atomic mass is 10.1. The summed E-state index contributed by atoms with van der Waals surface area (Å²) in [5.74, 6) is -0.784. The smallest absolute Gasteiger partial charge is 0.164 e. The molecule has 0 aromatic carbocycles. The van der Waals surface area contributed by atoms with Crippen molar-refractivity contribution in [3.8, 4) is 0 Å². The van der Waals surface area contributed by atoms with Gasteiger partial charge in [-0.05, 0) is 6.07 Å². The Kier molecular flexibility index (Phi) is 3.77. The Morgan fingerprint density at radius 3 is 2.64 bits per heavy atom. The first-order chi connectivity index (χ1) is 6.56. The molecule has 6 heteroatoms. The van der Waals surface area contributed by atoms with Crippen LogP contribution in [0, 0.1) is 5.82 Å². The molecule has 0 radical (unpaired) electrons. The number of halogens is 2. The van der Waals surface area contributed by atoms with Gasteiger partial charge in [0.25, 0.3) is 0 Å². The summed E-state index contributed by atoms with van der Waals surface area (Å²) >= 11 is 5.32. The van der Waals surface area contributed by atoms with E-state index in [0.717, 1.165) is 12.3 Å². The third-order valence-corrected chi connectivity index (χ3v) is 1.99. The standard InChI is InChI=1S/C8H9ClFNO3/c9-8-5(10)1-4(2-11-8)7(14)6(13)3-12/h1-2,6-7,12-14H,3H2. The Bertz CT molecular complexity index is 323. The zero-order chi connectivity index (χ0) is 10.7. The molecule has 78 valence electrons. The highest BCUT2D eigenvalue weighted by molar-refractivity contribution is 6.29. The largest absolute Gasteiger partial charge is 0.394 e. The molecule has 1 aromatic rings. The molecule has 1 aromatic heterocycles. The minimum absolute atomic E-state index is 0.0634. The summed E-state index contributed by atoms with van der Waals surface area (Å²) in [6, 6.07) is 0.957. The molecule has 2 atom stereocenters. The van der Waals surface area contributed by atoms with Crippen molar-refractivity contribution in [2.75, 3.05) is 6.61 Å². The summed E-state index contributed by atoms with van der Waals surface area (Å²) in [6.45, 7) is -0.620. The fraction of sp³-hybridized carbons (Fsp3) is 0.375. The van der Waals surface area contributed by atoms with E-state index in [2.05, 4.69) is 4.98 Å². The highest BCUT2D eigenvalue weighted by Crippen LogP contribution is 2.19. The highest BCUT2D eigenvalue weighted by atomic mass is 35.5. The lowest BCUT2D eigenvalue weighted by Crippen LogP contribution is -2.22. The molecule has 2 unspecified atom stereocenters. The number of hydrogen-bond acceptors (Lipinski definition) is 4. The molecule has 0 aliphatic heterocycles. The maximum atomic E-state index is 12.9. The molecule has 0 fully saturated rings. The van der Waals surface area contributed by atoms with Crippen LogP contribution in [0.4, 0.5) is 4.39 Å². The second-order valence-electron chi connectivity index (χ2n) is 2.74. The predicted molar refractivity (Wildman–Crippen MR) is 47.3 cm³/mol. The van der Waals surface area contributed by atoms with Crippen LogP contribution < -0.4 is 0 Å². The second kappa shape index (κ2) is 4.65. The van der Waals surface area contributed by atoms with E-state index in [-0.39, 0.29) is 10.7 Å². The van der Waals surface area contributed by atoms with Crippen LogP contribution in [0.25, 0.3) is 0 Å². The average Bonchev–Trinajstić information content (AvgIpc) is 2.20. The van der Waals surface area contributed by atoms with E-state index < -0.39 is 24.6 Å². The van der Waals surface area contributed by atoms with Gasteiger partial charge in [-0.15, -0.1) is 0 Å². The molecule has 1 heterocycles. The molecule has 0 aliphatic carbocycles. The van der Waals surface area contributed by atoms with Crippen LogP contribution in [0.15, 0.2) is 12.3 Å². The molecule has 0 spiro atoms. The lowest BCUT2D eigenvalue weighted by molar-refractivity contribution is -0.0155. The summed E-state index contributed by atoms with van der Waals surface area (Å²) in [6.07, 6.45) is -1.61. The first-order valence-electron chi connectivity index (χ1n) is 3.84. The first kappa shape index (κ1) is 11.3. The molecule has 0 aliphatic rings. The van der Waals surface area contributed by atoms with Gasteiger partial charge in [-0.25, -0.2) is 9.37 Å². The Labute approximate surface area is 84.6 Å². The van der Waals surface area contributed by atoms with Crippen LogP contribution in [0.3, 0.4) is 0 Å². The van der Waals surface area contributed by atoms with E-state index in [1.807, 2.05) is 0 Å². The molecular weight excluding hydrogens is 213 g/mol. The summed E-state index contributed by atoms with van der Waals surface area (Å²) in [4.78, 5) is 3.45. The number of aliphatic hydroxyl groups excluding tert-OH is 3. The summed E-state index contributed by atoms with van der Waals surface area (Å²) in [5, 5.41) is 26.6. The van der Waals surface area contributed by atoms with Crippen LogP contribution in [0.1, 0.15) is 11.7 Å². The van der Waals surface area contributed by atoms with Crippen molar-refractivity contribution in [3.63, 3.8) is 0 Å². The van der Waals surface area contributed by atoms with Gasteiger partial charge in [-0.3, -0.25) is 0 Å². The summed E-state index contributed by atoms with van der Waals surface area (Å²) < 4.78 is 12.9. The predicted octanol–water partition coefficient (Wildman–Crippen LogP) is 0.261. The van der Waals surface area contributed by atoms with Gasteiger partial charge < -0.3 is 15.3 Å². The second-order valence-corrected chi connectivity index (χ2v) is 3.09. The van der Waals surface area contributed by atoms with Crippen molar-refractivity contribution in [1.29, 1.82) is 0 Å². The molecule has 0 saturated heterocycles. The zero-order valence-electron chi connectivity index (χ0n) is 7.06. The number of pyridine rings is 1. The van der Waals surface area contributed by atoms with Gasteiger partial charge in [0.15, 0.2) is 11.0 Å². The number of aromatic nitrogens is 1. The maximum absolute atomic E-state index is 12.9. The molecular formula is C8H9ClFNO3. The number of nitrogens with zero attached hydrogens (tertiary/aromatic N) is 1. The van der Waals surface area contributed by atoms with Crippen LogP contribution in [0.2, 0.25) is 5.15 Å². The zero-order valence-corrected chi connectivity index (χ0v) is 7.82. The van der Waals surface area contributed by atoms with Crippen LogP contribution in [-0.4, -0.2) is 33.0 Å². The van der Waals surface area contributed by atoms with Gasteiger partial charge >= 0.3 is 0 Å². The highest BCUT2D eigenvalue weighted by Gasteiger charge is 2.18. The number of hydrogen-bond donors (Lipinski definition) is 3. The molecule has 0 saturated carbocycles. The molecule has 1 rings (SSSR count). The molecule has 14 heavy (non-hydrogen) atoms. The van der Waals surface area contributed by atoms with E-state index >= 15 is 0 Å². The first-order valence-corrected chi connectivity index (χ1v) is 4.22. The SMILES string of the molecule is OCC(O)C(O)c1cnc(Cl)c(F)c1. The van der Waals surface area contributed by atoms with Gasteiger partial charge in [-0.1, -0.05) is 11.6 Å². The van der Waals surface area contributed by atoms with Crippen molar-refractivity contribution in [2.24, 2.45) is 0 Å². The van der Waals surface area contributed by atoms with Crippen LogP contribution >= 0.6 is 11.6 Å². The van der Waals surface area contributed by atoms with Crippen molar-refractivity contribution in [1.82, 2.24) is 4.98 Å². The Balaban J connectivity index is 2.91. The third-order valence-electron chi connectivity index (χ3n) is 1.71. The topological polar surface area (TPSA) is 73.6 Å². The van der Waals surface area contributed by atoms with Gasteiger partial charge in [0.2, 0.25) is 0 Å². The summed E-state index contributed by atoms with van der Waals surface area (Å²) in [5.41, 5.74) is 0.0634. The maximum Gasteiger partial charge on any atom is 0.164 e. The normalized spacial score (nSPS) is 15.2. The number of rotatable bonds is 3. The van der Waals surface area contributed by atoms with E-state index in [1.165, 1.54) is 0 Å². The molecule has 0 amide bonds. The summed E-state index contributed by atoms with van der Waals surface area (Å²) in [7, 11) is 0. The molecule has 3 N–H and O–H groups in total. The quantitative estimate of drug-likeness (QED) is 0.641. The van der Waals surface area contributed by atoms with Crippen molar-refractivity contribution >= 4 is 11.6 Å². The van der Waals surface area contributed by atoms with Gasteiger partial charge in [0, 0.05) is 11.8 Å². The van der Waals surface area contributed by atoms with E-state index in [0.29, 0.717) is 0 Å². The monoisotopic (exact) mass is 221 g/mol. The van der Waals surface area contributed by atoms with E-state index in [4.69, 9.17) is 21.8 Å². The van der Waals surface area contributed by atoms with E-state index in [9.17, 15) is 9.50 Å².